The van der Waals surface area contributed by atoms with Gasteiger partial charge >= 0.3 is 0 Å². The van der Waals surface area contributed by atoms with E-state index in [4.69, 9.17) is 5.11 Å². The summed E-state index contributed by atoms with van der Waals surface area (Å²) in [5.74, 6) is 0.750. The summed E-state index contributed by atoms with van der Waals surface area (Å²) in [6, 6.07) is 0. The fraction of sp³-hybridized carbons (Fsp3) is 1.00. The molecule has 0 aliphatic rings. The highest BCUT2D eigenvalue weighted by Gasteiger charge is 1.99. The van der Waals surface area contributed by atoms with Gasteiger partial charge in [-0.2, -0.15) is 0 Å². The molecule has 0 unspecified atom stereocenters. The molecule has 0 spiro atoms. The lowest BCUT2D eigenvalue weighted by molar-refractivity contribution is 0.252. The molecule has 0 aromatic rings. The van der Waals surface area contributed by atoms with Crippen molar-refractivity contribution in [2.75, 3.05) is 6.61 Å². The van der Waals surface area contributed by atoms with E-state index in [2.05, 4.69) is 13.8 Å². The summed E-state index contributed by atoms with van der Waals surface area (Å²) in [6.45, 7) is 4.69. The molecule has 4 N–H and O–H groups in total. The van der Waals surface area contributed by atoms with Crippen molar-refractivity contribution in [3.05, 3.63) is 0 Å². The van der Waals surface area contributed by atoms with E-state index >= 15 is 0 Å². The van der Waals surface area contributed by atoms with Crippen molar-refractivity contribution in [2.45, 2.75) is 33.1 Å². The zero-order valence-electron chi connectivity index (χ0n) is 6.56. The normalized spacial score (nSPS) is 9.33. The Hall–Kier alpha value is -0.0800. The molecule has 0 fully saturated rings. The summed E-state index contributed by atoms with van der Waals surface area (Å²) < 4.78 is 0. The van der Waals surface area contributed by atoms with Crippen LogP contribution < -0.4 is 6.15 Å². The molecular formula is C7H19NO. The topological polar surface area (TPSA) is 55.2 Å². The zero-order valence-corrected chi connectivity index (χ0v) is 6.56. The first-order chi connectivity index (χ1) is 3.85. The summed E-state index contributed by atoms with van der Waals surface area (Å²) in [5, 5.41) is 8.50. The Bertz CT molecular complexity index is 44.2. The number of hydrogen-bond acceptors (Lipinski definition) is 2. The third kappa shape index (κ3) is 5.80. The third-order valence-corrected chi connectivity index (χ3v) is 1.69. The largest absolute Gasteiger partial charge is 0.396 e. The van der Waals surface area contributed by atoms with Crippen molar-refractivity contribution in [3.8, 4) is 0 Å². The molecule has 0 aliphatic carbocycles. The maximum absolute atomic E-state index is 8.50. The van der Waals surface area contributed by atoms with Crippen LogP contribution in [0.5, 0.6) is 0 Å². The number of aliphatic hydroxyl groups excluding tert-OH is 1. The molecule has 9 heavy (non-hydrogen) atoms. The van der Waals surface area contributed by atoms with Crippen LogP contribution in [0.15, 0.2) is 0 Å². The molecule has 0 rings (SSSR count). The minimum absolute atomic E-state index is 0. The first-order valence-electron chi connectivity index (χ1n) is 3.46. The number of rotatable bonds is 4. The van der Waals surface area contributed by atoms with Crippen LogP contribution in [-0.4, -0.2) is 11.7 Å². The van der Waals surface area contributed by atoms with Crippen LogP contribution in [0, 0.1) is 5.92 Å². The first-order valence-corrected chi connectivity index (χ1v) is 3.46. The second-order valence-corrected chi connectivity index (χ2v) is 2.19. The van der Waals surface area contributed by atoms with Crippen molar-refractivity contribution in [1.29, 1.82) is 0 Å². The van der Waals surface area contributed by atoms with Gasteiger partial charge in [0.25, 0.3) is 0 Å². The molecule has 2 nitrogen and oxygen atoms in total. The van der Waals surface area contributed by atoms with Gasteiger partial charge < -0.3 is 11.3 Å². The van der Waals surface area contributed by atoms with Gasteiger partial charge in [0.15, 0.2) is 0 Å². The fourth-order valence-corrected chi connectivity index (χ4v) is 0.879. The first kappa shape index (κ1) is 11.7. The van der Waals surface area contributed by atoms with Crippen molar-refractivity contribution < 1.29 is 5.11 Å². The lowest BCUT2D eigenvalue weighted by Gasteiger charge is -2.07. The van der Waals surface area contributed by atoms with Crippen LogP contribution in [-0.2, 0) is 0 Å². The molecule has 0 saturated heterocycles. The van der Waals surface area contributed by atoms with Crippen molar-refractivity contribution in [3.63, 3.8) is 0 Å². The summed E-state index contributed by atoms with van der Waals surface area (Å²) >= 11 is 0. The molecular weight excluding hydrogens is 114 g/mol. The SMILES string of the molecule is CCC(CC)CCO.N. The standard InChI is InChI=1S/C7H16O.H3N/c1-3-7(4-2)5-6-8;/h7-8H,3-6H2,1-2H3;1H3. The van der Waals surface area contributed by atoms with Gasteiger partial charge in [-0.25, -0.2) is 0 Å². The molecule has 0 radical (unpaired) electrons. The molecule has 0 saturated carbocycles. The van der Waals surface area contributed by atoms with Gasteiger partial charge in [-0.05, 0) is 12.3 Å². The second kappa shape index (κ2) is 7.92. The van der Waals surface area contributed by atoms with Crippen LogP contribution >= 0.6 is 0 Å². The lowest BCUT2D eigenvalue weighted by atomic mass is 10.0. The van der Waals surface area contributed by atoms with E-state index in [1.807, 2.05) is 0 Å². The highest BCUT2D eigenvalue weighted by Crippen LogP contribution is 2.10. The van der Waals surface area contributed by atoms with Gasteiger partial charge in [0.05, 0.1) is 0 Å². The lowest BCUT2D eigenvalue weighted by Crippen LogP contribution is -1.98. The Morgan fingerprint density at radius 1 is 1.22 bits per heavy atom. The van der Waals surface area contributed by atoms with Gasteiger partial charge in [0.2, 0.25) is 0 Å². The van der Waals surface area contributed by atoms with Crippen LogP contribution in [0.3, 0.4) is 0 Å². The van der Waals surface area contributed by atoms with E-state index in [1.54, 1.807) is 0 Å². The Morgan fingerprint density at radius 2 is 1.67 bits per heavy atom. The summed E-state index contributed by atoms with van der Waals surface area (Å²) in [7, 11) is 0. The summed E-state index contributed by atoms with van der Waals surface area (Å²) in [5.41, 5.74) is 0. The molecule has 0 aromatic carbocycles. The van der Waals surface area contributed by atoms with Crippen LogP contribution in [0.25, 0.3) is 0 Å². The van der Waals surface area contributed by atoms with Crippen molar-refractivity contribution >= 4 is 0 Å². The van der Waals surface area contributed by atoms with E-state index in [-0.39, 0.29) is 6.15 Å². The van der Waals surface area contributed by atoms with E-state index in [0.29, 0.717) is 6.61 Å². The molecule has 0 aromatic heterocycles. The number of aliphatic hydroxyl groups is 1. The van der Waals surface area contributed by atoms with Crippen LogP contribution in [0.4, 0.5) is 0 Å². The molecule has 0 bridgehead atoms. The highest BCUT2D eigenvalue weighted by atomic mass is 16.3. The third-order valence-electron chi connectivity index (χ3n) is 1.69. The van der Waals surface area contributed by atoms with E-state index < -0.39 is 0 Å². The molecule has 0 atom stereocenters. The molecule has 58 valence electrons. The zero-order chi connectivity index (χ0) is 6.41. The number of hydrogen-bond donors (Lipinski definition) is 2. The fourth-order valence-electron chi connectivity index (χ4n) is 0.879. The van der Waals surface area contributed by atoms with Crippen molar-refractivity contribution in [2.24, 2.45) is 5.92 Å². The van der Waals surface area contributed by atoms with Gasteiger partial charge in [-0.3, -0.25) is 0 Å². The Kier molecular flexibility index (Phi) is 10.3. The Labute approximate surface area is 57.9 Å². The molecule has 0 heterocycles. The smallest absolute Gasteiger partial charge is 0.0433 e. The predicted molar refractivity (Wildman–Crippen MR) is 40.8 cm³/mol. The Morgan fingerprint density at radius 3 is 1.78 bits per heavy atom. The monoisotopic (exact) mass is 133 g/mol. The molecule has 0 amide bonds. The maximum atomic E-state index is 8.50. The molecule has 2 heteroatoms. The van der Waals surface area contributed by atoms with Crippen LogP contribution in [0.1, 0.15) is 33.1 Å². The van der Waals surface area contributed by atoms with Gasteiger partial charge in [-0.1, -0.05) is 26.7 Å². The van der Waals surface area contributed by atoms with Gasteiger partial charge in [0.1, 0.15) is 0 Å². The summed E-state index contributed by atoms with van der Waals surface area (Å²) in [4.78, 5) is 0. The minimum atomic E-state index is 0. The van der Waals surface area contributed by atoms with Gasteiger partial charge in [0, 0.05) is 6.61 Å². The van der Waals surface area contributed by atoms with E-state index in [1.165, 1.54) is 12.8 Å². The average Bonchev–Trinajstić information content (AvgIpc) is 1.83. The van der Waals surface area contributed by atoms with Crippen molar-refractivity contribution in [1.82, 2.24) is 6.15 Å². The average molecular weight is 133 g/mol. The predicted octanol–water partition coefficient (Wildman–Crippen LogP) is 1.97. The summed E-state index contributed by atoms with van der Waals surface area (Å²) in [6.07, 6.45) is 3.39. The molecule has 0 aliphatic heterocycles. The second-order valence-electron chi connectivity index (χ2n) is 2.19. The Balaban J connectivity index is 0. The highest BCUT2D eigenvalue weighted by molar-refractivity contribution is 4.51. The van der Waals surface area contributed by atoms with E-state index in [0.717, 1.165) is 12.3 Å². The van der Waals surface area contributed by atoms with Crippen LogP contribution in [0.2, 0.25) is 0 Å². The maximum Gasteiger partial charge on any atom is 0.0433 e. The quantitative estimate of drug-likeness (QED) is 0.616. The van der Waals surface area contributed by atoms with Gasteiger partial charge in [-0.15, -0.1) is 0 Å². The van der Waals surface area contributed by atoms with E-state index in [9.17, 15) is 0 Å². The minimum Gasteiger partial charge on any atom is -0.396 e.